The first kappa shape index (κ1) is 13.5. The summed E-state index contributed by atoms with van der Waals surface area (Å²) in [5.74, 6) is 1.63. The molecule has 2 N–H and O–H groups in total. The average molecular weight is 295 g/mol. The van der Waals surface area contributed by atoms with Crippen LogP contribution in [0, 0.1) is 0 Å². The van der Waals surface area contributed by atoms with Gasteiger partial charge < -0.3 is 19.7 Å². The first-order valence-electron chi connectivity index (χ1n) is 6.60. The van der Waals surface area contributed by atoms with Crippen LogP contribution in [0.4, 0.5) is 0 Å². The highest BCUT2D eigenvalue weighted by molar-refractivity contribution is 7.13. The van der Waals surface area contributed by atoms with Crippen molar-refractivity contribution in [3.8, 4) is 16.5 Å². The van der Waals surface area contributed by atoms with E-state index in [0.717, 1.165) is 23.5 Å². The fourth-order valence-corrected chi connectivity index (χ4v) is 2.72. The molecule has 108 valence electrons. The van der Waals surface area contributed by atoms with Gasteiger partial charge in [-0.15, -0.1) is 11.3 Å². The van der Waals surface area contributed by atoms with E-state index < -0.39 is 0 Å². The Morgan fingerprint density at radius 1 is 1.55 bits per heavy atom. The molecule has 0 aromatic carbocycles. The van der Waals surface area contributed by atoms with Crippen LogP contribution in [-0.2, 0) is 4.74 Å². The number of ether oxygens (including phenoxy) is 2. The summed E-state index contributed by atoms with van der Waals surface area (Å²) in [7, 11) is 1.61. The lowest BCUT2D eigenvalue weighted by molar-refractivity contribution is -0.00549. The van der Waals surface area contributed by atoms with Crippen LogP contribution in [-0.4, -0.2) is 30.0 Å². The summed E-state index contributed by atoms with van der Waals surface area (Å²) in [4.78, 5) is 5.15. The molecule has 0 amide bonds. The van der Waals surface area contributed by atoms with E-state index in [4.69, 9.17) is 19.7 Å². The maximum absolute atomic E-state index is 6.02. The molecule has 1 saturated carbocycles. The van der Waals surface area contributed by atoms with Crippen LogP contribution in [0.15, 0.2) is 16.0 Å². The number of nitrogens with zero attached hydrogens (tertiary/aromatic N) is 2. The van der Waals surface area contributed by atoms with Crippen molar-refractivity contribution in [3.05, 3.63) is 17.3 Å². The summed E-state index contributed by atoms with van der Waals surface area (Å²) in [6.07, 6.45) is 3.84. The lowest BCUT2D eigenvalue weighted by Crippen LogP contribution is -2.27. The van der Waals surface area contributed by atoms with Gasteiger partial charge in [-0.2, -0.15) is 4.98 Å². The molecule has 1 fully saturated rings. The molecule has 1 aliphatic rings. The monoisotopic (exact) mass is 295 g/mol. The molecule has 6 nitrogen and oxygen atoms in total. The van der Waals surface area contributed by atoms with Crippen molar-refractivity contribution in [2.45, 2.75) is 31.4 Å². The van der Waals surface area contributed by atoms with E-state index in [1.54, 1.807) is 7.11 Å². The lowest BCUT2D eigenvalue weighted by Gasteiger charge is -2.26. The molecule has 2 aromatic rings. The van der Waals surface area contributed by atoms with Crippen LogP contribution in [0.2, 0.25) is 0 Å². The summed E-state index contributed by atoms with van der Waals surface area (Å²) in [5.41, 5.74) is 6.02. The number of methoxy groups -OCH3 is 1. The SMILES string of the molecule is COc1ccsc1-c1nc(C(N)COC2CCC2)no1. The predicted octanol–water partition coefficient (Wildman–Crippen LogP) is 2.38. The Morgan fingerprint density at radius 3 is 3.10 bits per heavy atom. The Labute approximate surface area is 120 Å². The molecule has 20 heavy (non-hydrogen) atoms. The van der Waals surface area contributed by atoms with Gasteiger partial charge in [0, 0.05) is 0 Å². The third-order valence-electron chi connectivity index (χ3n) is 3.38. The zero-order valence-corrected chi connectivity index (χ0v) is 12.1. The van der Waals surface area contributed by atoms with Crippen LogP contribution in [0.25, 0.3) is 10.8 Å². The number of thiophene rings is 1. The molecule has 0 spiro atoms. The third kappa shape index (κ3) is 2.70. The van der Waals surface area contributed by atoms with Crippen molar-refractivity contribution in [1.82, 2.24) is 10.1 Å². The molecule has 1 unspecified atom stereocenters. The number of aromatic nitrogens is 2. The van der Waals surface area contributed by atoms with Crippen molar-refractivity contribution in [2.24, 2.45) is 5.73 Å². The number of hydrogen-bond acceptors (Lipinski definition) is 7. The van der Waals surface area contributed by atoms with Gasteiger partial charge in [0.25, 0.3) is 5.89 Å². The molecule has 2 aromatic heterocycles. The molecule has 0 bridgehead atoms. The minimum absolute atomic E-state index is 0.352. The van der Waals surface area contributed by atoms with Crippen molar-refractivity contribution in [3.63, 3.8) is 0 Å². The van der Waals surface area contributed by atoms with Crippen LogP contribution < -0.4 is 10.5 Å². The normalized spacial score (nSPS) is 16.9. The van der Waals surface area contributed by atoms with Crippen LogP contribution in [0.5, 0.6) is 5.75 Å². The van der Waals surface area contributed by atoms with E-state index in [-0.39, 0.29) is 6.04 Å². The Morgan fingerprint density at radius 2 is 2.40 bits per heavy atom. The molecule has 7 heteroatoms. The fourth-order valence-electron chi connectivity index (χ4n) is 1.94. The smallest absolute Gasteiger partial charge is 0.271 e. The van der Waals surface area contributed by atoms with Gasteiger partial charge in [-0.05, 0) is 30.7 Å². The quantitative estimate of drug-likeness (QED) is 0.881. The molecule has 0 saturated heterocycles. The molecular formula is C13H17N3O3S. The first-order chi connectivity index (χ1) is 9.78. The number of hydrogen-bond donors (Lipinski definition) is 1. The molecule has 2 heterocycles. The molecular weight excluding hydrogens is 278 g/mol. The zero-order chi connectivity index (χ0) is 13.9. The van der Waals surface area contributed by atoms with Gasteiger partial charge in [-0.1, -0.05) is 5.16 Å². The van der Waals surface area contributed by atoms with Gasteiger partial charge in [0.15, 0.2) is 5.82 Å². The molecule has 1 aliphatic carbocycles. The highest BCUT2D eigenvalue weighted by Gasteiger charge is 2.22. The minimum atomic E-state index is -0.362. The van der Waals surface area contributed by atoms with Crippen molar-refractivity contribution < 1.29 is 14.0 Å². The largest absolute Gasteiger partial charge is 0.495 e. The van der Waals surface area contributed by atoms with Gasteiger partial charge in [0.1, 0.15) is 10.6 Å². The van der Waals surface area contributed by atoms with E-state index >= 15 is 0 Å². The molecule has 0 aliphatic heterocycles. The summed E-state index contributed by atoms with van der Waals surface area (Å²) >= 11 is 1.49. The second-order valence-corrected chi connectivity index (χ2v) is 5.68. The van der Waals surface area contributed by atoms with E-state index in [2.05, 4.69) is 10.1 Å². The topological polar surface area (TPSA) is 83.4 Å². The summed E-state index contributed by atoms with van der Waals surface area (Å²) in [5, 5.41) is 5.84. The maximum Gasteiger partial charge on any atom is 0.271 e. The van der Waals surface area contributed by atoms with Gasteiger partial charge in [0.2, 0.25) is 0 Å². The Balaban J connectivity index is 1.66. The van der Waals surface area contributed by atoms with Crippen molar-refractivity contribution in [2.75, 3.05) is 13.7 Å². The summed E-state index contributed by atoms with van der Waals surface area (Å²) < 4.78 is 16.2. The highest BCUT2D eigenvalue weighted by Crippen LogP contribution is 2.34. The van der Waals surface area contributed by atoms with Crippen molar-refractivity contribution in [1.29, 1.82) is 0 Å². The minimum Gasteiger partial charge on any atom is -0.495 e. The lowest BCUT2D eigenvalue weighted by atomic mass is 9.96. The third-order valence-corrected chi connectivity index (χ3v) is 4.26. The van der Waals surface area contributed by atoms with E-state index in [9.17, 15) is 0 Å². The second kappa shape index (κ2) is 5.90. The summed E-state index contributed by atoms with van der Waals surface area (Å²) in [6, 6.07) is 1.50. The van der Waals surface area contributed by atoms with Gasteiger partial charge >= 0.3 is 0 Å². The average Bonchev–Trinajstić information content (AvgIpc) is 3.04. The van der Waals surface area contributed by atoms with Crippen LogP contribution >= 0.6 is 11.3 Å². The maximum atomic E-state index is 6.02. The van der Waals surface area contributed by atoms with E-state index in [1.807, 2.05) is 11.4 Å². The van der Waals surface area contributed by atoms with Crippen LogP contribution in [0.1, 0.15) is 31.1 Å². The molecule has 0 radical (unpaired) electrons. The Hall–Kier alpha value is -1.44. The predicted molar refractivity (Wildman–Crippen MR) is 74.7 cm³/mol. The van der Waals surface area contributed by atoms with Crippen molar-refractivity contribution >= 4 is 11.3 Å². The Kier molecular flexibility index (Phi) is 4.00. The number of nitrogens with two attached hydrogens (primary N) is 1. The fraction of sp³-hybridized carbons (Fsp3) is 0.538. The standard InChI is InChI=1S/C13H17N3O3S/c1-17-10-5-6-20-11(10)13-15-12(16-19-13)9(14)7-18-8-3-2-4-8/h5-6,8-9H,2-4,7,14H2,1H3. The van der Waals surface area contributed by atoms with Gasteiger partial charge in [0.05, 0.1) is 25.9 Å². The first-order valence-corrected chi connectivity index (χ1v) is 7.48. The van der Waals surface area contributed by atoms with E-state index in [0.29, 0.717) is 24.4 Å². The number of rotatable bonds is 6. The van der Waals surface area contributed by atoms with Gasteiger partial charge in [-0.3, -0.25) is 0 Å². The Bertz CT molecular complexity index is 565. The zero-order valence-electron chi connectivity index (χ0n) is 11.2. The van der Waals surface area contributed by atoms with Gasteiger partial charge in [-0.25, -0.2) is 0 Å². The van der Waals surface area contributed by atoms with Crippen LogP contribution in [0.3, 0.4) is 0 Å². The molecule has 3 rings (SSSR count). The molecule has 1 atom stereocenters. The second-order valence-electron chi connectivity index (χ2n) is 4.77. The van der Waals surface area contributed by atoms with E-state index in [1.165, 1.54) is 17.8 Å². The highest BCUT2D eigenvalue weighted by atomic mass is 32.1. The summed E-state index contributed by atoms with van der Waals surface area (Å²) in [6.45, 7) is 0.422.